The van der Waals surface area contributed by atoms with Crippen molar-refractivity contribution in [3.8, 4) is 11.5 Å². The molecule has 3 rings (SSSR count). The summed E-state index contributed by atoms with van der Waals surface area (Å²) in [7, 11) is -0.884. The fourth-order valence-electron chi connectivity index (χ4n) is 3.28. The third-order valence-electron chi connectivity index (χ3n) is 4.92. The van der Waals surface area contributed by atoms with Crippen LogP contribution in [0.15, 0.2) is 42.5 Å². The summed E-state index contributed by atoms with van der Waals surface area (Å²) in [6.45, 7) is 3.66. The minimum atomic E-state index is -3.90. The van der Waals surface area contributed by atoms with Crippen molar-refractivity contribution in [3.63, 3.8) is 0 Å². The summed E-state index contributed by atoms with van der Waals surface area (Å²) in [6, 6.07) is 11.5. The first-order valence-electron chi connectivity index (χ1n) is 9.37. The lowest BCUT2D eigenvalue weighted by Gasteiger charge is -2.21. The Morgan fingerprint density at radius 3 is 2.23 bits per heavy atom. The number of aryl methyl sites for hydroxylation is 1. The van der Waals surface area contributed by atoms with Gasteiger partial charge in [0.2, 0.25) is 5.91 Å². The molecule has 10 heteroatoms. The van der Waals surface area contributed by atoms with Crippen molar-refractivity contribution in [3.05, 3.63) is 48.0 Å². The maximum absolute atomic E-state index is 13.0. The zero-order chi connectivity index (χ0) is 21.9. The highest BCUT2D eigenvalue weighted by Crippen LogP contribution is 2.31. The second kappa shape index (κ2) is 8.90. The number of nitrogens with one attached hydrogen (secondary N) is 4. The highest BCUT2D eigenvalue weighted by molar-refractivity contribution is 7.93. The molecule has 2 aromatic rings. The molecule has 1 amide bonds. The number of sulfonamides is 1. The predicted octanol–water partition coefficient (Wildman–Crippen LogP) is 1.83. The van der Waals surface area contributed by atoms with Crippen LogP contribution in [-0.4, -0.2) is 40.0 Å². The number of ether oxygens (including phenoxy) is 2. The molecule has 1 heterocycles. The third-order valence-corrected chi connectivity index (χ3v) is 6.52. The summed E-state index contributed by atoms with van der Waals surface area (Å²) in [6.07, 6.45) is 0. The molecular formula is C20H26N4O5S. The monoisotopic (exact) mass is 434 g/mol. The highest BCUT2D eigenvalue weighted by atomic mass is 32.2. The van der Waals surface area contributed by atoms with Gasteiger partial charge in [-0.05, 0) is 38.1 Å². The Kier molecular flexibility index (Phi) is 6.49. The molecule has 1 saturated heterocycles. The smallest absolute Gasteiger partial charge is 0.250 e. The van der Waals surface area contributed by atoms with E-state index in [1.54, 1.807) is 37.3 Å². The quantitative estimate of drug-likeness (QED) is 0.525. The van der Waals surface area contributed by atoms with E-state index < -0.39 is 33.3 Å². The van der Waals surface area contributed by atoms with Crippen LogP contribution in [0.5, 0.6) is 11.5 Å². The Morgan fingerprint density at radius 2 is 1.60 bits per heavy atom. The predicted molar refractivity (Wildman–Crippen MR) is 115 cm³/mol. The minimum Gasteiger partial charge on any atom is -0.493 e. The summed E-state index contributed by atoms with van der Waals surface area (Å²) >= 11 is 0. The van der Waals surface area contributed by atoms with Gasteiger partial charge < -0.3 is 14.8 Å². The van der Waals surface area contributed by atoms with E-state index in [1.807, 2.05) is 19.1 Å². The Labute approximate surface area is 176 Å². The zero-order valence-electron chi connectivity index (χ0n) is 17.2. The van der Waals surface area contributed by atoms with Crippen LogP contribution in [0, 0.1) is 12.8 Å². The van der Waals surface area contributed by atoms with Crippen molar-refractivity contribution in [2.75, 3.05) is 24.3 Å². The molecule has 1 fully saturated rings. The lowest BCUT2D eigenvalue weighted by Crippen LogP contribution is -2.45. The van der Waals surface area contributed by atoms with E-state index in [-0.39, 0.29) is 0 Å². The van der Waals surface area contributed by atoms with Crippen molar-refractivity contribution in [2.45, 2.75) is 25.3 Å². The van der Waals surface area contributed by atoms with Crippen molar-refractivity contribution < 1.29 is 22.7 Å². The van der Waals surface area contributed by atoms with Crippen molar-refractivity contribution >= 4 is 27.3 Å². The molecule has 0 saturated carbocycles. The molecule has 3 atom stereocenters. The van der Waals surface area contributed by atoms with E-state index in [2.05, 4.69) is 20.9 Å². The van der Waals surface area contributed by atoms with Gasteiger partial charge in [-0.3, -0.25) is 14.9 Å². The standard InChI is InChI=1S/C20H26N4O5S/c1-12-5-7-14(8-6-12)24-30(26,27)20-18(13(2)22-23-20)19(25)21-15-9-10-16(28-3)17(11-15)29-4/h5-11,13,18,20,22-24H,1-4H3,(H,21,25). The van der Waals surface area contributed by atoms with Crippen LogP contribution in [0.2, 0.25) is 0 Å². The van der Waals surface area contributed by atoms with Gasteiger partial charge in [-0.2, -0.15) is 0 Å². The largest absolute Gasteiger partial charge is 0.493 e. The second-order valence-electron chi connectivity index (χ2n) is 7.10. The average Bonchev–Trinajstić information content (AvgIpc) is 3.12. The minimum absolute atomic E-state index is 0.412. The van der Waals surface area contributed by atoms with E-state index in [0.717, 1.165) is 5.56 Å². The number of carbonyl (C=O) groups is 1. The molecule has 3 unspecified atom stereocenters. The summed E-state index contributed by atoms with van der Waals surface area (Å²) in [5.41, 5.74) is 7.50. The first-order chi connectivity index (χ1) is 14.2. The van der Waals surface area contributed by atoms with Gasteiger partial charge in [-0.15, -0.1) is 0 Å². The number of benzene rings is 2. The van der Waals surface area contributed by atoms with E-state index in [1.165, 1.54) is 14.2 Å². The Bertz CT molecular complexity index is 1010. The number of rotatable bonds is 7. The highest BCUT2D eigenvalue weighted by Gasteiger charge is 2.46. The molecule has 0 radical (unpaired) electrons. The van der Waals surface area contributed by atoms with Crippen LogP contribution in [0.1, 0.15) is 12.5 Å². The van der Waals surface area contributed by atoms with Crippen molar-refractivity contribution in [2.24, 2.45) is 5.92 Å². The first kappa shape index (κ1) is 21.9. The summed E-state index contributed by atoms with van der Waals surface area (Å²) < 4.78 is 38.9. The van der Waals surface area contributed by atoms with Crippen LogP contribution in [0.25, 0.3) is 0 Å². The van der Waals surface area contributed by atoms with Gasteiger partial charge in [0.1, 0.15) is 0 Å². The van der Waals surface area contributed by atoms with Crippen molar-refractivity contribution in [1.29, 1.82) is 0 Å². The van der Waals surface area contributed by atoms with Gasteiger partial charge in [-0.1, -0.05) is 17.7 Å². The lowest BCUT2D eigenvalue weighted by molar-refractivity contribution is -0.119. The summed E-state index contributed by atoms with van der Waals surface area (Å²) in [5.74, 6) is -0.334. The molecule has 30 heavy (non-hydrogen) atoms. The van der Waals surface area contributed by atoms with Gasteiger partial charge in [-0.25, -0.2) is 13.8 Å². The number of hydrogen-bond acceptors (Lipinski definition) is 7. The number of methoxy groups -OCH3 is 2. The van der Waals surface area contributed by atoms with E-state index in [9.17, 15) is 13.2 Å². The Morgan fingerprint density at radius 1 is 0.967 bits per heavy atom. The fraction of sp³-hybridized carbons (Fsp3) is 0.350. The molecule has 0 bridgehead atoms. The number of anilines is 2. The molecule has 162 valence electrons. The van der Waals surface area contributed by atoms with Crippen LogP contribution in [0.3, 0.4) is 0 Å². The molecule has 9 nitrogen and oxygen atoms in total. The van der Waals surface area contributed by atoms with E-state index >= 15 is 0 Å². The Balaban J connectivity index is 1.79. The third kappa shape index (κ3) is 4.66. The molecule has 4 N–H and O–H groups in total. The zero-order valence-corrected chi connectivity index (χ0v) is 18.0. The van der Waals surface area contributed by atoms with Crippen LogP contribution in [0.4, 0.5) is 11.4 Å². The van der Waals surface area contributed by atoms with E-state index in [4.69, 9.17) is 9.47 Å². The molecule has 0 aliphatic carbocycles. The molecule has 1 aliphatic rings. The molecule has 0 spiro atoms. The SMILES string of the molecule is COc1ccc(NC(=O)C2C(C)NNC2S(=O)(=O)Nc2ccc(C)cc2)cc1OC. The molecule has 1 aliphatic heterocycles. The summed E-state index contributed by atoms with van der Waals surface area (Å²) in [5, 5.41) is 1.61. The van der Waals surface area contributed by atoms with Gasteiger partial charge in [0.15, 0.2) is 16.9 Å². The summed E-state index contributed by atoms with van der Waals surface area (Å²) in [4.78, 5) is 13.0. The molecular weight excluding hydrogens is 408 g/mol. The van der Waals surface area contributed by atoms with Crippen molar-refractivity contribution in [1.82, 2.24) is 10.9 Å². The molecule has 2 aromatic carbocycles. The number of carbonyl (C=O) groups excluding carboxylic acids is 1. The fourth-order valence-corrected chi connectivity index (χ4v) is 4.84. The van der Waals surface area contributed by atoms with Gasteiger partial charge in [0.25, 0.3) is 10.0 Å². The average molecular weight is 435 g/mol. The Hall–Kier alpha value is -2.82. The normalized spacial score (nSPS) is 21.1. The first-order valence-corrected chi connectivity index (χ1v) is 10.9. The number of hydrogen-bond donors (Lipinski definition) is 4. The van der Waals surface area contributed by atoms with Crippen LogP contribution in [-0.2, 0) is 14.8 Å². The lowest BCUT2D eigenvalue weighted by atomic mass is 10.0. The van der Waals surface area contributed by atoms with Gasteiger partial charge in [0.05, 0.1) is 20.1 Å². The van der Waals surface area contributed by atoms with Gasteiger partial charge >= 0.3 is 0 Å². The maximum Gasteiger partial charge on any atom is 0.250 e. The topological polar surface area (TPSA) is 118 Å². The van der Waals surface area contributed by atoms with E-state index in [0.29, 0.717) is 22.9 Å². The molecule has 0 aromatic heterocycles. The number of amides is 1. The second-order valence-corrected chi connectivity index (χ2v) is 8.90. The van der Waals surface area contributed by atoms with Crippen LogP contribution >= 0.6 is 0 Å². The maximum atomic E-state index is 13.0. The van der Waals surface area contributed by atoms with Gasteiger partial charge in [0, 0.05) is 23.5 Å². The van der Waals surface area contributed by atoms with Crippen LogP contribution < -0.4 is 30.4 Å². The number of hydrazine groups is 1.